The van der Waals surface area contributed by atoms with Crippen molar-refractivity contribution in [2.75, 3.05) is 5.32 Å². The monoisotopic (exact) mass is 480 g/mol. The van der Waals surface area contributed by atoms with Crippen LogP contribution in [0.25, 0.3) is 5.70 Å². The standard InChI is InChI=1S/C24H15Cl3N4O/c25-14-7-5-13(6-8-14)23-20-21(17-3-1-2-4-19(17)32-23)30-24-28-12-29-31(24)22(20)16-10-9-15(26)11-18(16)27/h1-12,22-23H,(H,28,29,30)/t22-,23+/m0/s1. The highest BCUT2D eigenvalue weighted by atomic mass is 35.5. The van der Waals surface area contributed by atoms with Gasteiger partial charge in [0.15, 0.2) is 0 Å². The minimum Gasteiger partial charge on any atom is -0.480 e. The van der Waals surface area contributed by atoms with Crippen molar-refractivity contribution in [3.05, 3.63) is 110 Å². The van der Waals surface area contributed by atoms with Crippen molar-refractivity contribution in [2.24, 2.45) is 0 Å². The first-order valence-electron chi connectivity index (χ1n) is 9.97. The molecular formula is C24H15Cl3N4O. The first kappa shape index (κ1) is 19.7. The van der Waals surface area contributed by atoms with Crippen molar-refractivity contribution < 1.29 is 4.74 Å². The summed E-state index contributed by atoms with van der Waals surface area (Å²) in [5, 5.41) is 9.76. The lowest BCUT2D eigenvalue weighted by Crippen LogP contribution is -2.32. The zero-order chi connectivity index (χ0) is 21.8. The highest BCUT2D eigenvalue weighted by molar-refractivity contribution is 6.35. The van der Waals surface area contributed by atoms with E-state index in [4.69, 9.17) is 39.5 Å². The van der Waals surface area contributed by atoms with Crippen molar-refractivity contribution in [2.45, 2.75) is 12.1 Å². The predicted octanol–water partition coefficient (Wildman–Crippen LogP) is 6.80. The number of rotatable bonds is 2. The van der Waals surface area contributed by atoms with Crippen LogP contribution in [0.1, 0.15) is 28.8 Å². The molecule has 5 nitrogen and oxygen atoms in total. The van der Waals surface area contributed by atoms with E-state index >= 15 is 0 Å². The van der Waals surface area contributed by atoms with E-state index in [9.17, 15) is 0 Å². The summed E-state index contributed by atoms with van der Waals surface area (Å²) in [6, 6.07) is 20.8. The number of nitrogens with one attached hydrogen (secondary N) is 1. The Morgan fingerprint density at radius 3 is 2.50 bits per heavy atom. The van der Waals surface area contributed by atoms with Crippen LogP contribution in [0.2, 0.25) is 15.1 Å². The molecule has 1 N–H and O–H groups in total. The van der Waals surface area contributed by atoms with Gasteiger partial charge in [0.1, 0.15) is 24.2 Å². The molecule has 6 rings (SSSR count). The zero-order valence-electron chi connectivity index (χ0n) is 16.5. The fourth-order valence-electron chi connectivity index (χ4n) is 4.35. The van der Waals surface area contributed by atoms with Crippen molar-refractivity contribution in [1.82, 2.24) is 14.8 Å². The molecular weight excluding hydrogens is 467 g/mol. The van der Waals surface area contributed by atoms with E-state index in [0.29, 0.717) is 21.0 Å². The first-order valence-corrected chi connectivity index (χ1v) is 11.1. The van der Waals surface area contributed by atoms with Gasteiger partial charge in [0.2, 0.25) is 5.95 Å². The van der Waals surface area contributed by atoms with Crippen molar-refractivity contribution >= 4 is 46.4 Å². The van der Waals surface area contributed by atoms with Gasteiger partial charge in [-0.25, -0.2) is 4.68 Å². The Bertz CT molecular complexity index is 1380. The van der Waals surface area contributed by atoms with Gasteiger partial charge >= 0.3 is 0 Å². The van der Waals surface area contributed by atoms with Crippen LogP contribution in [-0.4, -0.2) is 14.8 Å². The Kier molecular flexibility index (Phi) is 4.65. The Morgan fingerprint density at radius 1 is 0.906 bits per heavy atom. The third-order valence-corrected chi connectivity index (χ3v) is 6.57. The number of para-hydroxylation sites is 1. The lowest BCUT2D eigenvalue weighted by Gasteiger charge is -2.39. The number of hydrogen-bond donors (Lipinski definition) is 1. The van der Waals surface area contributed by atoms with Gasteiger partial charge in [-0.15, -0.1) is 0 Å². The highest BCUT2D eigenvalue weighted by Crippen LogP contribution is 2.51. The summed E-state index contributed by atoms with van der Waals surface area (Å²) >= 11 is 19.1. The molecule has 0 saturated carbocycles. The molecule has 0 amide bonds. The maximum Gasteiger partial charge on any atom is 0.226 e. The van der Waals surface area contributed by atoms with Gasteiger partial charge in [-0.05, 0) is 47.5 Å². The van der Waals surface area contributed by atoms with Crippen LogP contribution in [0.4, 0.5) is 5.95 Å². The van der Waals surface area contributed by atoms with Crippen LogP contribution in [0.15, 0.2) is 78.6 Å². The molecule has 1 aromatic heterocycles. The summed E-state index contributed by atoms with van der Waals surface area (Å²) < 4.78 is 8.39. The second-order valence-electron chi connectivity index (χ2n) is 7.60. The molecule has 158 valence electrons. The molecule has 0 radical (unpaired) electrons. The summed E-state index contributed by atoms with van der Waals surface area (Å²) in [6.07, 6.45) is 1.14. The number of fused-ring (bicyclic) bond motifs is 3. The fourth-order valence-corrected chi connectivity index (χ4v) is 4.99. The summed E-state index contributed by atoms with van der Waals surface area (Å²) in [5.74, 6) is 1.42. The predicted molar refractivity (Wildman–Crippen MR) is 126 cm³/mol. The molecule has 3 aromatic carbocycles. The quantitative estimate of drug-likeness (QED) is 0.342. The molecule has 2 atom stereocenters. The van der Waals surface area contributed by atoms with Gasteiger partial charge in [-0.3, -0.25) is 0 Å². The van der Waals surface area contributed by atoms with Crippen LogP contribution >= 0.6 is 34.8 Å². The van der Waals surface area contributed by atoms with Crippen molar-refractivity contribution in [3.8, 4) is 5.75 Å². The van der Waals surface area contributed by atoms with Crippen LogP contribution < -0.4 is 10.1 Å². The summed E-state index contributed by atoms with van der Waals surface area (Å²) in [4.78, 5) is 4.43. The normalized spacial score (nSPS) is 18.8. The first-order chi connectivity index (χ1) is 15.6. The molecule has 2 aliphatic rings. The number of hydrogen-bond acceptors (Lipinski definition) is 4. The molecule has 0 spiro atoms. The summed E-state index contributed by atoms with van der Waals surface area (Å²) in [7, 11) is 0. The maximum atomic E-state index is 6.70. The van der Waals surface area contributed by atoms with Gasteiger partial charge < -0.3 is 10.1 Å². The van der Waals surface area contributed by atoms with E-state index in [1.165, 1.54) is 6.33 Å². The van der Waals surface area contributed by atoms with Crippen molar-refractivity contribution in [1.29, 1.82) is 0 Å². The van der Waals surface area contributed by atoms with E-state index in [0.717, 1.165) is 33.7 Å². The molecule has 0 saturated heterocycles. The lowest BCUT2D eigenvalue weighted by molar-refractivity contribution is 0.223. The van der Waals surface area contributed by atoms with Gasteiger partial charge in [-0.2, -0.15) is 10.1 Å². The van der Waals surface area contributed by atoms with E-state index in [1.807, 2.05) is 65.3 Å². The maximum absolute atomic E-state index is 6.70. The Hall–Kier alpha value is -2.99. The van der Waals surface area contributed by atoms with Gasteiger partial charge in [0, 0.05) is 26.2 Å². The van der Waals surface area contributed by atoms with Gasteiger partial charge in [0.05, 0.1) is 5.70 Å². The van der Waals surface area contributed by atoms with Crippen LogP contribution in [0.5, 0.6) is 5.75 Å². The summed E-state index contributed by atoms with van der Waals surface area (Å²) in [5.41, 5.74) is 4.70. The third-order valence-electron chi connectivity index (χ3n) is 5.75. The number of aromatic nitrogens is 3. The van der Waals surface area contributed by atoms with Gasteiger partial charge in [0.25, 0.3) is 0 Å². The molecule has 8 heteroatoms. The Labute approximate surface area is 199 Å². The SMILES string of the molecule is Clc1ccc([C@H]2Oc3ccccc3C3=C2[C@H](c2ccc(Cl)cc2Cl)n2ncnc2N3)cc1. The smallest absolute Gasteiger partial charge is 0.226 e. The lowest BCUT2D eigenvalue weighted by atomic mass is 9.84. The molecule has 0 unspecified atom stereocenters. The molecule has 2 aliphatic heterocycles. The number of halogens is 3. The molecule has 4 aromatic rings. The second kappa shape index (κ2) is 7.55. The fraction of sp³-hybridized carbons (Fsp3) is 0.0833. The molecule has 0 bridgehead atoms. The van der Waals surface area contributed by atoms with Crippen LogP contribution in [0.3, 0.4) is 0 Å². The Morgan fingerprint density at radius 2 is 1.69 bits per heavy atom. The topological polar surface area (TPSA) is 52.0 Å². The van der Waals surface area contributed by atoms with Crippen LogP contribution in [-0.2, 0) is 0 Å². The van der Waals surface area contributed by atoms with E-state index < -0.39 is 6.10 Å². The summed E-state index contributed by atoms with van der Waals surface area (Å²) in [6.45, 7) is 0. The number of ether oxygens (including phenoxy) is 1. The minimum absolute atomic E-state index is 0.345. The second-order valence-corrected chi connectivity index (χ2v) is 8.88. The zero-order valence-corrected chi connectivity index (χ0v) is 18.7. The van der Waals surface area contributed by atoms with E-state index in [-0.39, 0.29) is 6.04 Å². The molecule has 3 heterocycles. The van der Waals surface area contributed by atoms with E-state index in [2.05, 4.69) is 15.4 Å². The van der Waals surface area contributed by atoms with Gasteiger partial charge in [-0.1, -0.05) is 65.1 Å². The highest BCUT2D eigenvalue weighted by Gasteiger charge is 2.41. The number of benzene rings is 3. The van der Waals surface area contributed by atoms with Crippen LogP contribution in [0, 0.1) is 0 Å². The molecule has 32 heavy (non-hydrogen) atoms. The third kappa shape index (κ3) is 3.08. The van der Waals surface area contributed by atoms with Crippen molar-refractivity contribution in [3.63, 3.8) is 0 Å². The van der Waals surface area contributed by atoms with E-state index in [1.54, 1.807) is 6.07 Å². The number of anilines is 1. The average molecular weight is 482 g/mol. The largest absolute Gasteiger partial charge is 0.480 e. The number of nitrogens with zero attached hydrogens (tertiary/aromatic N) is 3. The molecule has 0 aliphatic carbocycles. The average Bonchev–Trinajstić information content (AvgIpc) is 3.27. The Balaban J connectivity index is 1.64. The molecule has 0 fully saturated rings. The minimum atomic E-state index is -0.390.